The van der Waals surface area contributed by atoms with Crippen molar-refractivity contribution in [3.63, 3.8) is 0 Å². The van der Waals surface area contributed by atoms with E-state index in [1.165, 1.54) is 5.56 Å². The van der Waals surface area contributed by atoms with E-state index < -0.39 is 0 Å². The van der Waals surface area contributed by atoms with Crippen LogP contribution in [0.1, 0.15) is 12.5 Å². The van der Waals surface area contributed by atoms with E-state index in [0.29, 0.717) is 5.92 Å². The van der Waals surface area contributed by atoms with Crippen molar-refractivity contribution in [2.75, 3.05) is 19.4 Å². The van der Waals surface area contributed by atoms with Gasteiger partial charge in [-0.05, 0) is 36.4 Å². The Bertz CT molecular complexity index is 333. The molecule has 0 fully saturated rings. The van der Waals surface area contributed by atoms with E-state index in [4.69, 9.17) is 10.5 Å². The Balaban J connectivity index is 2.55. The highest BCUT2D eigenvalue weighted by Gasteiger charge is 2.05. The van der Waals surface area contributed by atoms with Gasteiger partial charge in [0.2, 0.25) is 0 Å². The van der Waals surface area contributed by atoms with Crippen LogP contribution in [0.25, 0.3) is 0 Å². The minimum Gasteiger partial charge on any atom is -0.496 e. The quantitative estimate of drug-likeness (QED) is 0.876. The van der Waals surface area contributed by atoms with Gasteiger partial charge in [-0.15, -0.1) is 0 Å². The number of hydrogen-bond donors (Lipinski definition) is 1. The van der Waals surface area contributed by atoms with Gasteiger partial charge >= 0.3 is 0 Å². The second-order valence-electron chi connectivity index (χ2n) is 3.81. The topological polar surface area (TPSA) is 35.2 Å². The van der Waals surface area contributed by atoms with Crippen LogP contribution in [0.5, 0.6) is 5.75 Å². The number of hydrogen-bond acceptors (Lipinski definition) is 3. The van der Waals surface area contributed by atoms with Crippen LogP contribution in [-0.4, -0.2) is 19.4 Å². The molecule has 0 amide bonds. The summed E-state index contributed by atoms with van der Waals surface area (Å²) in [6.07, 6.45) is 0. The van der Waals surface area contributed by atoms with E-state index in [-0.39, 0.29) is 0 Å². The molecule has 0 bridgehead atoms. The summed E-state index contributed by atoms with van der Waals surface area (Å²) in [4.78, 5) is 0. The summed E-state index contributed by atoms with van der Waals surface area (Å²) in [6.45, 7) is 2.92. The third kappa shape index (κ3) is 4.36. The van der Waals surface area contributed by atoms with E-state index in [0.717, 1.165) is 28.3 Å². The lowest BCUT2D eigenvalue weighted by atomic mass is 10.2. The molecule has 2 nitrogen and oxygen atoms in total. The zero-order valence-electron chi connectivity index (χ0n) is 9.70. The van der Waals surface area contributed by atoms with Crippen molar-refractivity contribution in [2.24, 2.45) is 11.7 Å². The van der Waals surface area contributed by atoms with Gasteiger partial charge in [0, 0.05) is 15.8 Å². The molecule has 1 aromatic carbocycles. The van der Waals surface area contributed by atoms with Crippen LogP contribution >= 0.6 is 27.7 Å². The molecular formula is C12H18BrNOS. The molecule has 0 aromatic heterocycles. The number of methoxy groups -OCH3 is 1. The fourth-order valence-corrected chi connectivity index (χ4v) is 2.81. The van der Waals surface area contributed by atoms with E-state index in [1.807, 2.05) is 23.9 Å². The fourth-order valence-electron chi connectivity index (χ4n) is 1.30. The Morgan fingerprint density at radius 1 is 1.50 bits per heavy atom. The summed E-state index contributed by atoms with van der Waals surface area (Å²) in [5, 5.41) is 0. The zero-order valence-corrected chi connectivity index (χ0v) is 12.1. The Hall–Kier alpha value is -0.190. The average Bonchev–Trinajstić information content (AvgIpc) is 2.29. The zero-order chi connectivity index (χ0) is 12.0. The lowest BCUT2D eigenvalue weighted by Crippen LogP contribution is -2.12. The van der Waals surface area contributed by atoms with Crippen molar-refractivity contribution in [1.29, 1.82) is 0 Å². The van der Waals surface area contributed by atoms with Crippen LogP contribution in [0.15, 0.2) is 22.7 Å². The normalized spacial score (nSPS) is 12.5. The molecule has 90 valence electrons. The van der Waals surface area contributed by atoms with Gasteiger partial charge in [-0.25, -0.2) is 0 Å². The Labute approximate surface area is 110 Å². The van der Waals surface area contributed by atoms with E-state index in [2.05, 4.69) is 28.9 Å². The molecule has 0 radical (unpaired) electrons. The average molecular weight is 304 g/mol. The monoisotopic (exact) mass is 303 g/mol. The molecule has 1 unspecified atom stereocenters. The summed E-state index contributed by atoms with van der Waals surface area (Å²) in [5.74, 6) is 3.58. The first-order valence-corrected chi connectivity index (χ1v) is 7.22. The van der Waals surface area contributed by atoms with Crippen LogP contribution in [-0.2, 0) is 5.75 Å². The molecular weight excluding hydrogens is 286 g/mol. The molecule has 1 rings (SSSR count). The first-order chi connectivity index (χ1) is 7.67. The Morgan fingerprint density at radius 2 is 2.25 bits per heavy atom. The lowest BCUT2D eigenvalue weighted by molar-refractivity contribution is 0.411. The molecule has 0 aliphatic heterocycles. The van der Waals surface area contributed by atoms with Crippen LogP contribution < -0.4 is 10.5 Å². The van der Waals surface area contributed by atoms with Crippen LogP contribution in [0.2, 0.25) is 0 Å². The Morgan fingerprint density at radius 3 is 2.88 bits per heavy atom. The van der Waals surface area contributed by atoms with Gasteiger partial charge in [0.25, 0.3) is 0 Å². The highest BCUT2D eigenvalue weighted by molar-refractivity contribution is 9.10. The number of nitrogens with two attached hydrogens (primary N) is 1. The number of rotatable bonds is 6. The van der Waals surface area contributed by atoms with Crippen molar-refractivity contribution in [3.8, 4) is 5.75 Å². The van der Waals surface area contributed by atoms with Crippen molar-refractivity contribution in [1.82, 2.24) is 0 Å². The first kappa shape index (κ1) is 13.9. The number of ether oxygens (including phenoxy) is 1. The molecule has 0 aliphatic carbocycles. The molecule has 0 saturated carbocycles. The third-order valence-corrected chi connectivity index (χ3v) is 4.12. The summed E-state index contributed by atoms with van der Waals surface area (Å²) in [7, 11) is 1.71. The van der Waals surface area contributed by atoms with Crippen LogP contribution in [0.4, 0.5) is 0 Å². The van der Waals surface area contributed by atoms with Crippen molar-refractivity contribution < 1.29 is 4.74 Å². The molecule has 0 aliphatic rings. The van der Waals surface area contributed by atoms with Gasteiger partial charge in [0.1, 0.15) is 5.75 Å². The fraction of sp³-hybridized carbons (Fsp3) is 0.500. The smallest absolute Gasteiger partial charge is 0.122 e. The third-order valence-electron chi connectivity index (χ3n) is 2.30. The van der Waals surface area contributed by atoms with Gasteiger partial charge in [0.05, 0.1) is 7.11 Å². The molecule has 0 saturated heterocycles. The van der Waals surface area contributed by atoms with Crippen molar-refractivity contribution in [2.45, 2.75) is 12.7 Å². The maximum atomic E-state index is 5.59. The maximum Gasteiger partial charge on any atom is 0.122 e. The highest BCUT2D eigenvalue weighted by atomic mass is 79.9. The van der Waals surface area contributed by atoms with E-state index in [1.54, 1.807) is 7.11 Å². The lowest BCUT2D eigenvalue weighted by Gasteiger charge is -2.11. The van der Waals surface area contributed by atoms with Gasteiger partial charge in [-0.1, -0.05) is 22.9 Å². The largest absolute Gasteiger partial charge is 0.496 e. The summed E-state index contributed by atoms with van der Waals surface area (Å²) in [6, 6.07) is 6.10. The Kier molecular flexibility index (Phi) is 6.24. The van der Waals surface area contributed by atoms with Crippen molar-refractivity contribution in [3.05, 3.63) is 28.2 Å². The standard InChI is InChI=1S/C12H18BrNOS/c1-9(6-14)7-16-8-10-5-11(13)3-4-12(10)15-2/h3-5,9H,6-8,14H2,1-2H3. The molecule has 16 heavy (non-hydrogen) atoms. The number of benzene rings is 1. The molecule has 0 heterocycles. The second kappa shape index (κ2) is 7.20. The number of halogens is 1. The second-order valence-corrected chi connectivity index (χ2v) is 5.76. The summed E-state index contributed by atoms with van der Waals surface area (Å²) >= 11 is 5.37. The van der Waals surface area contributed by atoms with Crippen molar-refractivity contribution >= 4 is 27.7 Å². The van der Waals surface area contributed by atoms with Gasteiger partial charge in [-0.2, -0.15) is 11.8 Å². The van der Waals surface area contributed by atoms with E-state index in [9.17, 15) is 0 Å². The highest BCUT2D eigenvalue weighted by Crippen LogP contribution is 2.27. The molecule has 1 aromatic rings. The molecule has 1 atom stereocenters. The summed E-state index contributed by atoms with van der Waals surface area (Å²) < 4.78 is 6.42. The van der Waals surface area contributed by atoms with Gasteiger partial charge in [0.15, 0.2) is 0 Å². The van der Waals surface area contributed by atoms with Crippen LogP contribution in [0, 0.1) is 5.92 Å². The minimum absolute atomic E-state index is 0.572. The summed E-state index contributed by atoms with van der Waals surface area (Å²) in [5.41, 5.74) is 6.81. The maximum absolute atomic E-state index is 5.59. The predicted molar refractivity (Wildman–Crippen MR) is 75.1 cm³/mol. The van der Waals surface area contributed by atoms with Gasteiger partial charge < -0.3 is 10.5 Å². The molecule has 2 N–H and O–H groups in total. The van der Waals surface area contributed by atoms with E-state index >= 15 is 0 Å². The van der Waals surface area contributed by atoms with Gasteiger partial charge in [-0.3, -0.25) is 0 Å². The first-order valence-electron chi connectivity index (χ1n) is 5.27. The minimum atomic E-state index is 0.572. The molecule has 0 spiro atoms. The van der Waals surface area contributed by atoms with Crippen LogP contribution in [0.3, 0.4) is 0 Å². The predicted octanol–water partition coefficient (Wildman–Crippen LogP) is 3.29. The molecule has 4 heteroatoms. The number of thioether (sulfide) groups is 1. The SMILES string of the molecule is COc1ccc(Br)cc1CSCC(C)CN.